The van der Waals surface area contributed by atoms with Gasteiger partial charge in [0, 0.05) is 25.2 Å². The molecule has 1 aliphatic heterocycles. The first-order valence-electron chi connectivity index (χ1n) is 7.84. The molecule has 1 saturated heterocycles. The maximum Gasteiger partial charge on any atom is 0.255 e. The van der Waals surface area contributed by atoms with Crippen molar-refractivity contribution in [2.24, 2.45) is 0 Å². The van der Waals surface area contributed by atoms with Crippen LogP contribution in [0.1, 0.15) is 29.8 Å². The van der Waals surface area contributed by atoms with Gasteiger partial charge in [-0.15, -0.1) is 0 Å². The summed E-state index contributed by atoms with van der Waals surface area (Å²) in [4.78, 5) is 14.7. The molecule has 1 aliphatic rings. The maximum absolute atomic E-state index is 12.4. The Morgan fingerprint density at radius 3 is 2.65 bits per heavy atom. The van der Waals surface area contributed by atoms with Gasteiger partial charge in [0.1, 0.15) is 0 Å². The lowest BCUT2D eigenvalue weighted by Gasteiger charge is -2.40. The number of methoxy groups -OCH3 is 1. The molecule has 6 heteroatoms. The molecule has 1 amide bonds. The number of nitrogens with zero attached hydrogens (tertiary/aromatic N) is 1. The molecule has 0 saturated carbocycles. The van der Waals surface area contributed by atoms with Crippen LogP contribution in [0.25, 0.3) is 0 Å². The zero-order chi connectivity index (χ0) is 17.0. The van der Waals surface area contributed by atoms with E-state index in [-0.39, 0.29) is 22.8 Å². The number of hydrogen-bond donors (Lipinski definition) is 2. The molecular formula is C17H26N2O4. The van der Waals surface area contributed by atoms with Gasteiger partial charge in [-0.25, -0.2) is 0 Å². The number of ether oxygens (including phenoxy) is 2. The quantitative estimate of drug-likeness (QED) is 0.861. The van der Waals surface area contributed by atoms with Gasteiger partial charge in [0.2, 0.25) is 0 Å². The highest BCUT2D eigenvalue weighted by molar-refractivity contribution is 5.98. The number of aromatic hydroxyl groups is 1. The number of nitrogens with one attached hydrogen (secondary N) is 1. The third-order valence-corrected chi connectivity index (χ3v) is 4.23. The Labute approximate surface area is 137 Å². The Balaban J connectivity index is 2.06. The average Bonchev–Trinajstić information content (AvgIpc) is 2.55. The van der Waals surface area contributed by atoms with Crippen molar-refractivity contribution in [1.29, 1.82) is 0 Å². The summed E-state index contributed by atoms with van der Waals surface area (Å²) in [5.74, 6) is -0.117. The van der Waals surface area contributed by atoms with Crippen LogP contribution in [0.3, 0.4) is 0 Å². The number of benzene rings is 1. The highest BCUT2D eigenvalue weighted by Gasteiger charge is 2.29. The van der Waals surface area contributed by atoms with Crippen LogP contribution >= 0.6 is 0 Å². The second-order valence-electron chi connectivity index (χ2n) is 6.46. The van der Waals surface area contributed by atoms with Gasteiger partial charge in [-0.05, 0) is 38.5 Å². The van der Waals surface area contributed by atoms with E-state index in [2.05, 4.69) is 24.1 Å². The Hall–Kier alpha value is -1.79. The van der Waals surface area contributed by atoms with Crippen LogP contribution in [0.4, 0.5) is 0 Å². The smallest absolute Gasteiger partial charge is 0.255 e. The van der Waals surface area contributed by atoms with Crippen LogP contribution in [0.2, 0.25) is 0 Å². The lowest BCUT2D eigenvalue weighted by molar-refractivity contribution is -0.00924. The molecule has 0 spiro atoms. The van der Waals surface area contributed by atoms with Crippen LogP contribution in [0.5, 0.6) is 11.5 Å². The Morgan fingerprint density at radius 2 is 2.04 bits per heavy atom. The minimum Gasteiger partial charge on any atom is -0.504 e. The summed E-state index contributed by atoms with van der Waals surface area (Å²) in [5.41, 5.74) is 0.917. The summed E-state index contributed by atoms with van der Waals surface area (Å²) in [6, 6.07) is 3.36. The van der Waals surface area contributed by atoms with Crippen molar-refractivity contribution in [1.82, 2.24) is 10.2 Å². The molecule has 0 radical (unpaired) electrons. The Kier molecular flexibility index (Phi) is 5.49. The predicted octanol–water partition coefficient (Wildman–Crippen LogP) is 1.55. The van der Waals surface area contributed by atoms with Crippen molar-refractivity contribution in [3.8, 4) is 11.5 Å². The van der Waals surface area contributed by atoms with Gasteiger partial charge in [-0.3, -0.25) is 9.69 Å². The highest BCUT2D eigenvalue weighted by Crippen LogP contribution is 2.31. The lowest BCUT2D eigenvalue weighted by atomic mass is 10.0. The third kappa shape index (κ3) is 4.14. The molecule has 1 fully saturated rings. The van der Waals surface area contributed by atoms with Crippen molar-refractivity contribution in [2.75, 3.05) is 40.0 Å². The van der Waals surface area contributed by atoms with Crippen LogP contribution in [0, 0.1) is 6.92 Å². The minimum atomic E-state index is -0.300. The van der Waals surface area contributed by atoms with E-state index in [1.165, 1.54) is 7.11 Å². The van der Waals surface area contributed by atoms with Crippen LogP contribution in [-0.2, 0) is 4.74 Å². The number of morpholine rings is 1. The number of phenols is 1. The summed E-state index contributed by atoms with van der Waals surface area (Å²) >= 11 is 0. The summed E-state index contributed by atoms with van der Waals surface area (Å²) in [6.45, 7) is 9.67. The summed E-state index contributed by atoms with van der Waals surface area (Å²) in [6.07, 6.45) is 0. The van der Waals surface area contributed by atoms with E-state index >= 15 is 0 Å². The number of rotatable bonds is 5. The molecule has 6 nitrogen and oxygen atoms in total. The monoisotopic (exact) mass is 322 g/mol. The molecule has 0 bridgehead atoms. The minimum absolute atomic E-state index is 0.125. The molecule has 23 heavy (non-hydrogen) atoms. The standard InChI is InChI=1S/C17H26N2O4/c1-12-9-13(15(20)14(10-12)22-4)16(21)18-11-17(2,3)19-5-7-23-8-6-19/h9-10,20H,5-8,11H2,1-4H3,(H,18,21). The van der Waals surface area contributed by atoms with Gasteiger partial charge < -0.3 is 19.9 Å². The Morgan fingerprint density at radius 1 is 1.39 bits per heavy atom. The second-order valence-corrected chi connectivity index (χ2v) is 6.46. The molecule has 0 atom stereocenters. The zero-order valence-corrected chi connectivity index (χ0v) is 14.3. The van der Waals surface area contributed by atoms with Crippen molar-refractivity contribution in [2.45, 2.75) is 26.3 Å². The average molecular weight is 322 g/mol. The van der Waals surface area contributed by atoms with Gasteiger partial charge in [0.05, 0.1) is 25.9 Å². The molecule has 0 unspecified atom stereocenters. The van der Waals surface area contributed by atoms with Crippen molar-refractivity contribution in [3.05, 3.63) is 23.3 Å². The van der Waals surface area contributed by atoms with Crippen LogP contribution in [-0.4, -0.2) is 61.4 Å². The fourth-order valence-corrected chi connectivity index (χ4v) is 2.75. The van der Waals surface area contributed by atoms with Gasteiger partial charge in [0.25, 0.3) is 5.91 Å². The summed E-state index contributed by atoms with van der Waals surface area (Å²) in [7, 11) is 1.47. The van der Waals surface area contributed by atoms with Gasteiger partial charge in [0.15, 0.2) is 11.5 Å². The summed E-state index contributed by atoms with van der Waals surface area (Å²) < 4.78 is 10.5. The topological polar surface area (TPSA) is 71.0 Å². The van der Waals surface area contributed by atoms with Crippen LogP contribution < -0.4 is 10.1 Å². The molecule has 1 heterocycles. The van der Waals surface area contributed by atoms with Gasteiger partial charge in [-0.2, -0.15) is 0 Å². The first-order valence-corrected chi connectivity index (χ1v) is 7.84. The van der Waals surface area contributed by atoms with Gasteiger partial charge in [-0.1, -0.05) is 0 Å². The molecule has 0 aliphatic carbocycles. The van der Waals surface area contributed by atoms with E-state index in [9.17, 15) is 9.90 Å². The zero-order valence-electron chi connectivity index (χ0n) is 14.3. The van der Waals surface area contributed by atoms with E-state index in [1.54, 1.807) is 12.1 Å². The number of carbonyl (C=O) groups is 1. The SMILES string of the molecule is COc1cc(C)cc(C(=O)NCC(C)(C)N2CCOCC2)c1O. The van der Waals surface area contributed by atoms with E-state index in [0.717, 1.165) is 18.7 Å². The molecule has 0 aromatic heterocycles. The number of phenolic OH excluding ortho intramolecular Hbond substituents is 1. The fourth-order valence-electron chi connectivity index (χ4n) is 2.75. The van der Waals surface area contributed by atoms with Crippen molar-refractivity contribution >= 4 is 5.91 Å². The van der Waals surface area contributed by atoms with E-state index < -0.39 is 0 Å². The second kappa shape index (κ2) is 7.19. The summed E-state index contributed by atoms with van der Waals surface area (Å²) in [5, 5.41) is 13.1. The number of hydrogen-bond acceptors (Lipinski definition) is 5. The van der Waals surface area contributed by atoms with Crippen molar-refractivity contribution < 1.29 is 19.4 Å². The molecule has 2 N–H and O–H groups in total. The molecule has 1 aromatic carbocycles. The highest BCUT2D eigenvalue weighted by atomic mass is 16.5. The third-order valence-electron chi connectivity index (χ3n) is 4.23. The van der Waals surface area contributed by atoms with Crippen molar-refractivity contribution in [3.63, 3.8) is 0 Å². The molecular weight excluding hydrogens is 296 g/mol. The van der Waals surface area contributed by atoms with Crippen LogP contribution in [0.15, 0.2) is 12.1 Å². The molecule has 1 aromatic rings. The normalized spacial score (nSPS) is 16.2. The fraction of sp³-hybridized carbons (Fsp3) is 0.588. The molecule has 128 valence electrons. The van der Waals surface area contributed by atoms with E-state index in [4.69, 9.17) is 9.47 Å². The maximum atomic E-state index is 12.4. The largest absolute Gasteiger partial charge is 0.504 e. The number of amides is 1. The predicted molar refractivity (Wildman–Crippen MR) is 88.2 cm³/mol. The molecule has 2 rings (SSSR count). The Bertz CT molecular complexity index is 566. The number of aryl methyl sites for hydroxylation is 1. The van der Waals surface area contributed by atoms with E-state index in [1.807, 2.05) is 6.92 Å². The van der Waals surface area contributed by atoms with Gasteiger partial charge >= 0.3 is 0 Å². The first-order chi connectivity index (χ1) is 10.8. The lowest BCUT2D eigenvalue weighted by Crippen LogP contribution is -2.55. The van der Waals surface area contributed by atoms with E-state index in [0.29, 0.717) is 25.5 Å². The number of carbonyl (C=O) groups excluding carboxylic acids is 1. The first kappa shape index (κ1) is 17.6.